The Balaban J connectivity index is 2.82. The van der Waals surface area contributed by atoms with Crippen LogP contribution in [0.2, 0.25) is 0 Å². The minimum atomic E-state index is -1.13. The maximum absolute atomic E-state index is 10.8. The minimum absolute atomic E-state index is 0.0938. The number of hydrogen-bond donors (Lipinski definition) is 1. The van der Waals surface area contributed by atoms with Crippen molar-refractivity contribution in [2.45, 2.75) is 0 Å². The molecule has 0 aliphatic carbocycles. The number of pyridine rings is 1. The van der Waals surface area contributed by atoms with Crippen LogP contribution >= 0.6 is 0 Å². The highest BCUT2D eigenvalue weighted by atomic mass is 16.4. The van der Waals surface area contributed by atoms with Crippen LogP contribution in [0, 0.1) is 0 Å². The highest BCUT2D eigenvalue weighted by molar-refractivity contribution is 6.01. The van der Waals surface area contributed by atoms with Crippen LogP contribution in [0.15, 0.2) is 12.3 Å². The molecule has 15 heavy (non-hydrogen) atoms. The van der Waals surface area contributed by atoms with Crippen LogP contribution in [0.1, 0.15) is 20.8 Å². The first-order chi connectivity index (χ1) is 7.13. The summed E-state index contributed by atoms with van der Waals surface area (Å²) in [6, 6.07) is 1.46. The van der Waals surface area contributed by atoms with Crippen LogP contribution in [-0.2, 0) is 7.05 Å². The number of aryl methyl sites for hydroxylation is 1. The van der Waals surface area contributed by atoms with Gasteiger partial charge in [-0.2, -0.15) is 5.10 Å². The van der Waals surface area contributed by atoms with Crippen molar-refractivity contribution in [2.24, 2.45) is 7.05 Å². The van der Waals surface area contributed by atoms with E-state index < -0.39 is 5.97 Å². The second-order valence-corrected chi connectivity index (χ2v) is 3.04. The molecule has 0 fully saturated rings. The van der Waals surface area contributed by atoms with E-state index in [0.717, 1.165) is 0 Å². The van der Waals surface area contributed by atoms with Crippen LogP contribution in [0.3, 0.4) is 0 Å². The van der Waals surface area contributed by atoms with Gasteiger partial charge in [0.05, 0.1) is 5.39 Å². The third kappa shape index (κ3) is 1.35. The molecule has 2 rings (SSSR count). The Bertz CT molecular complexity index is 559. The molecule has 0 aliphatic rings. The zero-order valence-corrected chi connectivity index (χ0v) is 7.84. The van der Waals surface area contributed by atoms with E-state index in [9.17, 15) is 9.59 Å². The standard InChI is InChI=1S/C9H7N3O3/c1-12-8-6(7(11-12)9(14)15)2-5(4-13)3-10-8/h2-4H,1H3,(H,14,15). The largest absolute Gasteiger partial charge is 0.476 e. The van der Waals surface area contributed by atoms with Crippen molar-refractivity contribution < 1.29 is 14.7 Å². The van der Waals surface area contributed by atoms with Crippen molar-refractivity contribution in [1.82, 2.24) is 14.8 Å². The molecule has 6 heteroatoms. The Morgan fingerprint density at radius 2 is 2.33 bits per heavy atom. The molecule has 0 radical (unpaired) electrons. The number of rotatable bonds is 2. The summed E-state index contributed by atoms with van der Waals surface area (Å²) in [7, 11) is 1.60. The molecule has 0 amide bonds. The maximum Gasteiger partial charge on any atom is 0.357 e. The van der Waals surface area contributed by atoms with Gasteiger partial charge in [0.25, 0.3) is 0 Å². The fourth-order valence-electron chi connectivity index (χ4n) is 1.38. The molecule has 2 heterocycles. The lowest BCUT2D eigenvalue weighted by Crippen LogP contribution is -1.99. The number of fused-ring (bicyclic) bond motifs is 1. The minimum Gasteiger partial charge on any atom is -0.476 e. The zero-order chi connectivity index (χ0) is 11.0. The zero-order valence-electron chi connectivity index (χ0n) is 7.84. The van der Waals surface area contributed by atoms with Gasteiger partial charge in [-0.1, -0.05) is 0 Å². The van der Waals surface area contributed by atoms with Gasteiger partial charge in [-0.15, -0.1) is 0 Å². The van der Waals surface area contributed by atoms with Gasteiger partial charge in [0.2, 0.25) is 0 Å². The summed E-state index contributed by atoms with van der Waals surface area (Å²) in [4.78, 5) is 25.3. The van der Waals surface area contributed by atoms with E-state index >= 15 is 0 Å². The molecule has 0 bridgehead atoms. The molecule has 0 unspecified atom stereocenters. The molecule has 0 aromatic carbocycles. The second kappa shape index (κ2) is 3.16. The van der Waals surface area contributed by atoms with Gasteiger partial charge in [-0.05, 0) is 6.07 Å². The summed E-state index contributed by atoms with van der Waals surface area (Å²) in [6.07, 6.45) is 1.99. The number of carbonyl (C=O) groups is 2. The summed E-state index contributed by atoms with van der Waals surface area (Å²) in [6.45, 7) is 0. The summed E-state index contributed by atoms with van der Waals surface area (Å²) >= 11 is 0. The highest BCUT2D eigenvalue weighted by Gasteiger charge is 2.15. The number of carbonyl (C=O) groups excluding carboxylic acids is 1. The van der Waals surface area contributed by atoms with Crippen LogP contribution in [0.25, 0.3) is 11.0 Å². The van der Waals surface area contributed by atoms with E-state index in [1.165, 1.54) is 16.9 Å². The van der Waals surface area contributed by atoms with E-state index in [0.29, 0.717) is 22.9 Å². The number of carboxylic acids is 1. The predicted molar refractivity (Wildman–Crippen MR) is 50.9 cm³/mol. The molecule has 2 aromatic rings. The first-order valence-electron chi connectivity index (χ1n) is 4.14. The average molecular weight is 205 g/mol. The van der Waals surface area contributed by atoms with Crippen molar-refractivity contribution in [3.8, 4) is 0 Å². The van der Waals surface area contributed by atoms with Crippen LogP contribution < -0.4 is 0 Å². The quantitative estimate of drug-likeness (QED) is 0.720. The van der Waals surface area contributed by atoms with Gasteiger partial charge in [0.15, 0.2) is 17.6 Å². The van der Waals surface area contributed by atoms with Gasteiger partial charge < -0.3 is 5.11 Å². The number of hydrogen-bond acceptors (Lipinski definition) is 4. The molecular weight excluding hydrogens is 198 g/mol. The Morgan fingerprint density at radius 3 is 2.93 bits per heavy atom. The van der Waals surface area contributed by atoms with Crippen molar-refractivity contribution >= 4 is 23.3 Å². The third-order valence-electron chi connectivity index (χ3n) is 2.04. The predicted octanol–water partition coefficient (Wildman–Crippen LogP) is 0.479. The lowest BCUT2D eigenvalue weighted by molar-refractivity contribution is 0.0691. The maximum atomic E-state index is 10.8. The normalized spacial score (nSPS) is 10.5. The SMILES string of the molecule is Cn1nc(C(=O)O)c2cc(C=O)cnc21. The smallest absolute Gasteiger partial charge is 0.357 e. The third-order valence-corrected chi connectivity index (χ3v) is 2.04. The monoisotopic (exact) mass is 205 g/mol. The molecular formula is C9H7N3O3. The van der Waals surface area contributed by atoms with E-state index in [2.05, 4.69) is 10.1 Å². The van der Waals surface area contributed by atoms with Gasteiger partial charge in [0.1, 0.15) is 0 Å². The van der Waals surface area contributed by atoms with E-state index in [1.807, 2.05) is 0 Å². The lowest BCUT2D eigenvalue weighted by atomic mass is 10.2. The van der Waals surface area contributed by atoms with E-state index in [4.69, 9.17) is 5.11 Å². The molecule has 0 saturated carbocycles. The summed E-state index contributed by atoms with van der Waals surface area (Å²) < 4.78 is 1.37. The first kappa shape index (κ1) is 9.32. The molecule has 2 aromatic heterocycles. The Morgan fingerprint density at radius 1 is 1.60 bits per heavy atom. The molecule has 1 N–H and O–H groups in total. The average Bonchev–Trinajstić information content (AvgIpc) is 2.56. The van der Waals surface area contributed by atoms with Crippen molar-refractivity contribution in [2.75, 3.05) is 0 Å². The number of nitrogens with zero attached hydrogens (tertiary/aromatic N) is 3. The molecule has 0 saturated heterocycles. The van der Waals surface area contributed by atoms with Crippen LogP contribution in [0.4, 0.5) is 0 Å². The number of carboxylic acid groups (broad SMARTS) is 1. The van der Waals surface area contributed by atoms with Crippen molar-refractivity contribution in [3.05, 3.63) is 23.5 Å². The topological polar surface area (TPSA) is 85.1 Å². The van der Waals surface area contributed by atoms with Gasteiger partial charge in [-0.25, -0.2) is 14.5 Å². The van der Waals surface area contributed by atoms with E-state index in [1.54, 1.807) is 7.05 Å². The number of aromatic carboxylic acids is 1. The van der Waals surface area contributed by atoms with Crippen LogP contribution in [-0.4, -0.2) is 32.1 Å². The molecule has 0 aliphatic heterocycles. The Kier molecular flexibility index (Phi) is 1.96. The highest BCUT2D eigenvalue weighted by Crippen LogP contribution is 2.16. The Hall–Kier alpha value is -2.24. The fraction of sp³-hybridized carbons (Fsp3) is 0.111. The fourth-order valence-corrected chi connectivity index (χ4v) is 1.38. The molecule has 6 nitrogen and oxygen atoms in total. The number of aldehydes is 1. The molecule has 0 atom stereocenters. The summed E-state index contributed by atoms with van der Waals surface area (Å²) in [5, 5.41) is 13.0. The van der Waals surface area contributed by atoms with Gasteiger partial charge in [0, 0.05) is 18.8 Å². The second-order valence-electron chi connectivity index (χ2n) is 3.04. The lowest BCUT2D eigenvalue weighted by Gasteiger charge is -1.92. The Labute approximate surface area is 84.2 Å². The molecule has 76 valence electrons. The van der Waals surface area contributed by atoms with Crippen molar-refractivity contribution in [3.63, 3.8) is 0 Å². The van der Waals surface area contributed by atoms with Crippen molar-refractivity contribution in [1.29, 1.82) is 0 Å². The van der Waals surface area contributed by atoms with E-state index in [-0.39, 0.29) is 5.69 Å². The first-order valence-corrected chi connectivity index (χ1v) is 4.14. The van der Waals surface area contributed by atoms with Gasteiger partial charge >= 0.3 is 5.97 Å². The van der Waals surface area contributed by atoms with Gasteiger partial charge in [-0.3, -0.25) is 4.79 Å². The molecule has 0 spiro atoms. The summed E-state index contributed by atoms with van der Waals surface area (Å²) in [5.41, 5.74) is 0.680. The van der Waals surface area contributed by atoms with Crippen LogP contribution in [0.5, 0.6) is 0 Å². The summed E-state index contributed by atoms with van der Waals surface area (Å²) in [5.74, 6) is -1.13. The number of aromatic nitrogens is 3.